The fourth-order valence-corrected chi connectivity index (χ4v) is 5.04. The monoisotopic (exact) mass is 355 g/mol. The van der Waals surface area contributed by atoms with Crippen LogP contribution in [-0.2, 0) is 19.1 Å². The first-order chi connectivity index (χ1) is 8.29. The Morgan fingerprint density at radius 3 is 2.44 bits per heavy atom. The number of rotatable bonds is 6. The van der Waals surface area contributed by atoms with E-state index in [9.17, 15) is 13.0 Å². The molecular weight excluding hydrogens is 341 g/mol. The van der Waals surface area contributed by atoms with E-state index in [0.717, 1.165) is 0 Å². The average molecular weight is 356 g/mol. The maximum absolute atomic E-state index is 12.0. The highest BCUT2D eigenvalue weighted by Gasteiger charge is 2.30. The van der Waals surface area contributed by atoms with Crippen LogP contribution in [0.1, 0.15) is 6.92 Å². The molecule has 2 atom stereocenters. The van der Waals surface area contributed by atoms with Crippen molar-refractivity contribution in [1.82, 2.24) is 4.72 Å². The maximum Gasteiger partial charge on any atom is 0.242 e. The lowest BCUT2D eigenvalue weighted by Crippen LogP contribution is -2.30. The maximum atomic E-state index is 12.0. The Hall–Kier alpha value is -0.200. The molecule has 0 bridgehead atoms. The van der Waals surface area contributed by atoms with Gasteiger partial charge in [-0.2, -0.15) is 4.72 Å². The van der Waals surface area contributed by atoms with Gasteiger partial charge in [0.1, 0.15) is 0 Å². The zero-order valence-electron chi connectivity index (χ0n) is 10.0. The molecule has 2 unspecified atom stereocenters. The number of nitrogens with one attached hydrogen (secondary N) is 1. The summed E-state index contributed by atoms with van der Waals surface area (Å²) in [5.74, 6) is 0. The van der Waals surface area contributed by atoms with Crippen molar-refractivity contribution in [3.8, 4) is 0 Å². The van der Waals surface area contributed by atoms with Crippen LogP contribution in [0.3, 0.4) is 0 Å². The van der Waals surface area contributed by atoms with Gasteiger partial charge in [-0.3, -0.25) is 4.57 Å². The summed E-state index contributed by atoms with van der Waals surface area (Å²) in [5.41, 5.74) is 0. The highest BCUT2D eigenvalue weighted by atomic mass is 79.9. The van der Waals surface area contributed by atoms with Gasteiger partial charge in [0.25, 0.3) is 0 Å². The SMILES string of the molecule is CCOP(C)(=O)C(Br)NS(=O)(=O)c1ccccc1. The molecule has 8 heteroatoms. The molecule has 0 saturated heterocycles. The Bertz CT molecular complexity index is 534. The summed E-state index contributed by atoms with van der Waals surface area (Å²) in [7, 11) is -6.78. The van der Waals surface area contributed by atoms with E-state index in [2.05, 4.69) is 20.7 Å². The van der Waals surface area contributed by atoms with Crippen molar-refractivity contribution >= 4 is 33.3 Å². The van der Waals surface area contributed by atoms with Crippen molar-refractivity contribution in [1.29, 1.82) is 0 Å². The molecule has 1 aromatic carbocycles. The van der Waals surface area contributed by atoms with Crippen LogP contribution in [0.5, 0.6) is 0 Å². The van der Waals surface area contributed by atoms with Crippen LogP contribution in [0.2, 0.25) is 0 Å². The standard InChI is InChI=1S/C10H15BrNO4PS/c1-3-16-17(2,13)10(11)12-18(14,15)9-7-5-4-6-8-9/h4-8,10,12H,3H2,1-2H3. The Kier molecular flexibility index (Phi) is 5.55. The number of halogens is 1. The molecule has 18 heavy (non-hydrogen) atoms. The summed E-state index contributed by atoms with van der Waals surface area (Å²) in [6, 6.07) is 7.87. The van der Waals surface area contributed by atoms with E-state index in [1.54, 1.807) is 25.1 Å². The van der Waals surface area contributed by atoms with E-state index in [1.165, 1.54) is 18.8 Å². The van der Waals surface area contributed by atoms with Gasteiger partial charge in [-0.25, -0.2) is 8.42 Å². The van der Waals surface area contributed by atoms with E-state index < -0.39 is 22.1 Å². The van der Waals surface area contributed by atoms with Gasteiger partial charge in [0.15, 0.2) is 4.69 Å². The van der Waals surface area contributed by atoms with Gasteiger partial charge < -0.3 is 4.52 Å². The third-order valence-corrected chi connectivity index (χ3v) is 8.20. The van der Waals surface area contributed by atoms with Gasteiger partial charge in [-0.05, 0) is 19.1 Å². The molecule has 0 spiro atoms. The van der Waals surface area contributed by atoms with Gasteiger partial charge >= 0.3 is 0 Å². The van der Waals surface area contributed by atoms with Crippen LogP contribution < -0.4 is 4.72 Å². The first-order valence-corrected chi connectivity index (χ1v) is 9.77. The number of sulfonamides is 1. The normalized spacial score (nSPS) is 17.1. The lowest BCUT2D eigenvalue weighted by Gasteiger charge is -2.19. The molecule has 5 nitrogen and oxygen atoms in total. The summed E-state index contributed by atoms with van der Waals surface area (Å²) in [5, 5.41) is 0. The van der Waals surface area contributed by atoms with E-state index in [1.807, 2.05) is 0 Å². The fourth-order valence-electron chi connectivity index (χ4n) is 1.21. The average Bonchev–Trinajstić information content (AvgIpc) is 2.29. The molecule has 0 aliphatic rings. The summed E-state index contributed by atoms with van der Waals surface area (Å²) in [6.07, 6.45) is 0. The molecule has 0 fully saturated rings. The molecule has 0 heterocycles. The summed E-state index contributed by atoms with van der Waals surface area (Å²) < 4.78 is 42.4. The Balaban J connectivity index is 2.88. The van der Waals surface area contributed by atoms with Crippen molar-refractivity contribution < 1.29 is 17.5 Å². The Labute approximate surface area is 116 Å². The third-order valence-electron chi connectivity index (χ3n) is 2.10. The van der Waals surface area contributed by atoms with Crippen LogP contribution in [0.25, 0.3) is 0 Å². The highest BCUT2D eigenvalue weighted by Crippen LogP contribution is 2.49. The zero-order valence-corrected chi connectivity index (χ0v) is 13.3. The summed E-state index contributed by atoms with van der Waals surface area (Å²) >= 11 is 3.06. The number of hydrogen-bond acceptors (Lipinski definition) is 4. The molecule has 1 aromatic rings. The lowest BCUT2D eigenvalue weighted by atomic mass is 10.4. The fraction of sp³-hybridized carbons (Fsp3) is 0.400. The highest BCUT2D eigenvalue weighted by molar-refractivity contribution is 9.10. The second-order valence-electron chi connectivity index (χ2n) is 3.60. The number of alkyl halides is 1. The first kappa shape index (κ1) is 15.9. The quantitative estimate of drug-likeness (QED) is 0.483. The van der Waals surface area contributed by atoms with Crippen molar-refractivity contribution in [2.24, 2.45) is 0 Å². The predicted octanol–water partition coefficient (Wildman–Crippen LogP) is 2.59. The van der Waals surface area contributed by atoms with Crippen LogP contribution in [0.15, 0.2) is 35.2 Å². The number of benzene rings is 1. The van der Waals surface area contributed by atoms with E-state index in [0.29, 0.717) is 0 Å². The lowest BCUT2D eigenvalue weighted by molar-refractivity contribution is 0.335. The minimum Gasteiger partial charge on any atom is -0.327 e. The van der Waals surface area contributed by atoms with Gasteiger partial charge in [0, 0.05) is 6.66 Å². The molecule has 0 aliphatic carbocycles. The van der Waals surface area contributed by atoms with Gasteiger partial charge in [0.05, 0.1) is 11.5 Å². The molecule has 102 valence electrons. The molecule has 0 aromatic heterocycles. The minimum absolute atomic E-state index is 0.117. The molecule has 1 N–H and O–H groups in total. The second-order valence-corrected chi connectivity index (χ2v) is 9.53. The topological polar surface area (TPSA) is 72.5 Å². The van der Waals surface area contributed by atoms with Crippen LogP contribution in [0.4, 0.5) is 0 Å². The van der Waals surface area contributed by atoms with Gasteiger partial charge in [-0.1, -0.05) is 34.1 Å². The largest absolute Gasteiger partial charge is 0.327 e. The van der Waals surface area contributed by atoms with Crippen molar-refractivity contribution in [2.75, 3.05) is 13.3 Å². The van der Waals surface area contributed by atoms with E-state index in [-0.39, 0.29) is 11.5 Å². The van der Waals surface area contributed by atoms with Gasteiger partial charge in [0.2, 0.25) is 17.4 Å². The van der Waals surface area contributed by atoms with Crippen molar-refractivity contribution in [2.45, 2.75) is 16.5 Å². The van der Waals surface area contributed by atoms with Crippen LogP contribution >= 0.6 is 23.3 Å². The van der Waals surface area contributed by atoms with Crippen molar-refractivity contribution in [3.05, 3.63) is 30.3 Å². The zero-order chi connectivity index (χ0) is 13.8. The Morgan fingerprint density at radius 1 is 1.39 bits per heavy atom. The minimum atomic E-state index is -3.71. The third kappa shape index (κ3) is 4.17. The molecular formula is C10H15BrNO4PS. The Morgan fingerprint density at radius 2 is 1.94 bits per heavy atom. The van der Waals surface area contributed by atoms with Crippen LogP contribution in [-0.4, -0.2) is 26.4 Å². The summed E-state index contributed by atoms with van der Waals surface area (Å²) in [6.45, 7) is 3.33. The molecule has 1 rings (SSSR count). The molecule has 0 aliphatic heterocycles. The van der Waals surface area contributed by atoms with Crippen LogP contribution in [0, 0.1) is 0 Å². The second kappa shape index (κ2) is 6.30. The number of hydrogen-bond donors (Lipinski definition) is 1. The van der Waals surface area contributed by atoms with Gasteiger partial charge in [-0.15, -0.1) is 0 Å². The molecule has 0 saturated carbocycles. The molecule has 0 radical (unpaired) electrons. The first-order valence-electron chi connectivity index (χ1n) is 5.23. The predicted molar refractivity (Wildman–Crippen MR) is 74.6 cm³/mol. The van der Waals surface area contributed by atoms with Crippen molar-refractivity contribution in [3.63, 3.8) is 0 Å². The van der Waals surface area contributed by atoms with E-state index in [4.69, 9.17) is 4.52 Å². The smallest absolute Gasteiger partial charge is 0.242 e. The summed E-state index contributed by atoms with van der Waals surface area (Å²) in [4.78, 5) is 0.117. The van der Waals surface area contributed by atoms with E-state index >= 15 is 0 Å². The molecule has 0 amide bonds.